The van der Waals surface area contributed by atoms with E-state index < -0.39 is 6.03 Å². The normalized spacial score (nSPS) is 11.6. The molecule has 2 amide bonds. The molecule has 1 aliphatic rings. The minimum Gasteiger partial charge on any atom is -0.493 e. The van der Waals surface area contributed by atoms with Gasteiger partial charge in [0.2, 0.25) is 0 Å². The Labute approximate surface area is 184 Å². The molecule has 8 heteroatoms. The second kappa shape index (κ2) is 9.61. The Hall–Kier alpha value is -3.09. The lowest BCUT2D eigenvalue weighted by Crippen LogP contribution is -2.21. The summed E-state index contributed by atoms with van der Waals surface area (Å²) < 4.78 is 11.4. The van der Waals surface area contributed by atoms with E-state index in [1.165, 1.54) is 0 Å². The molecule has 1 N–H and O–H groups in total. The Bertz CT molecular complexity index is 1180. The molecule has 154 valence electrons. The van der Waals surface area contributed by atoms with Crippen LogP contribution < -0.4 is 25.5 Å². The fraction of sp³-hybridized carbons (Fsp3) is 0.136. The van der Waals surface area contributed by atoms with Crippen LogP contribution in [0, 0.1) is 0 Å². The van der Waals surface area contributed by atoms with Crippen LogP contribution >= 0.6 is 24.0 Å². The second-order valence-corrected chi connectivity index (χ2v) is 6.90. The Kier molecular flexibility index (Phi) is 6.92. The molecular formula is C22H19Cl2N3O3. The molecule has 0 atom stereocenters. The van der Waals surface area contributed by atoms with E-state index in [0.29, 0.717) is 40.4 Å². The maximum Gasteiger partial charge on any atom is 0.368 e. The second-order valence-electron chi connectivity index (χ2n) is 6.46. The number of hydrogen-bond donors (Lipinski definition) is 1. The van der Waals surface area contributed by atoms with Gasteiger partial charge in [0.25, 0.3) is 0 Å². The van der Waals surface area contributed by atoms with Gasteiger partial charge in [-0.2, -0.15) is 9.98 Å². The fourth-order valence-corrected chi connectivity index (χ4v) is 3.06. The highest BCUT2D eigenvalue weighted by Gasteiger charge is 2.08. The van der Waals surface area contributed by atoms with Crippen LogP contribution in [0.4, 0.5) is 10.5 Å². The lowest BCUT2D eigenvalue weighted by molar-refractivity contribution is 0.256. The standard InChI is InChI=1S/C22H18ClN3O3.ClH/c1-28-21-10-15(4-9-20(21)29-13-14-2-5-16(23)6-3-14)12-24-17-7-8-18-19(11-17)26-22(27)25-18;/h2-11,24H,12-13H2,1H3;1H. The first-order valence-electron chi connectivity index (χ1n) is 9.00. The molecule has 30 heavy (non-hydrogen) atoms. The van der Waals surface area contributed by atoms with Gasteiger partial charge in [0.05, 0.1) is 17.8 Å². The Morgan fingerprint density at radius 3 is 2.40 bits per heavy atom. The van der Waals surface area contributed by atoms with E-state index in [2.05, 4.69) is 15.3 Å². The number of nitrogens with zero attached hydrogens (tertiary/aromatic N) is 2. The minimum absolute atomic E-state index is 0. The third-order valence-electron chi connectivity index (χ3n) is 4.44. The van der Waals surface area contributed by atoms with Crippen molar-refractivity contribution in [1.82, 2.24) is 0 Å². The van der Waals surface area contributed by atoms with Crippen LogP contribution in [0.3, 0.4) is 0 Å². The highest BCUT2D eigenvalue weighted by atomic mass is 35.5. The zero-order valence-electron chi connectivity index (χ0n) is 16.1. The van der Waals surface area contributed by atoms with Crippen LogP contribution in [0.2, 0.25) is 5.02 Å². The van der Waals surface area contributed by atoms with E-state index in [9.17, 15) is 4.79 Å². The number of benzene rings is 3. The van der Waals surface area contributed by atoms with Gasteiger partial charge in [0.15, 0.2) is 11.5 Å². The van der Waals surface area contributed by atoms with Crippen molar-refractivity contribution in [3.05, 3.63) is 87.5 Å². The number of methoxy groups -OCH3 is 1. The number of fused-ring (bicyclic) bond motifs is 1. The number of nitrogens with one attached hydrogen (secondary N) is 1. The van der Waals surface area contributed by atoms with Crippen molar-refractivity contribution in [2.45, 2.75) is 13.2 Å². The van der Waals surface area contributed by atoms with E-state index in [0.717, 1.165) is 16.8 Å². The number of carbonyl (C=O) groups is 1. The molecule has 6 nitrogen and oxygen atoms in total. The number of carbonyl (C=O) groups excluding carboxylic acids is 1. The van der Waals surface area contributed by atoms with Crippen molar-refractivity contribution in [3.63, 3.8) is 0 Å². The van der Waals surface area contributed by atoms with Gasteiger partial charge in [-0.3, -0.25) is 0 Å². The van der Waals surface area contributed by atoms with Gasteiger partial charge in [-0.25, -0.2) is 4.79 Å². The van der Waals surface area contributed by atoms with Crippen LogP contribution in [0.15, 0.2) is 70.6 Å². The van der Waals surface area contributed by atoms with Gasteiger partial charge < -0.3 is 14.8 Å². The van der Waals surface area contributed by atoms with Crippen LogP contribution in [-0.2, 0) is 13.2 Å². The predicted molar refractivity (Wildman–Crippen MR) is 118 cm³/mol. The number of ether oxygens (including phenoxy) is 2. The first kappa shape index (κ1) is 21.6. The molecule has 0 aromatic heterocycles. The maximum atomic E-state index is 11.3. The molecule has 0 saturated heterocycles. The zero-order chi connectivity index (χ0) is 20.2. The minimum atomic E-state index is -0.462. The Balaban J connectivity index is 0.00000256. The third kappa shape index (κ3) is 5.09. The highest BCUT2D eigenvalue weighted by molar-refractivity contribution is 6.30. The van der Waals surface area contributed by atoms with E-state index >= 15 is 0 Å². The average molecular weight is 444 g/mol. The zero-order valence-corrected chi connectivity index (χ0v) is 17.7. The lowest BCUT2D eigenvalue weighted by atomic mass is 10.2. The number of halogens is 2. The number of amides is 2. The largest absolute Gasteiger partial charge is 0.493 e. The van der Waals surface area contributed by atoms with Gasteiger partial charge in [-0.1, -0.05) is 29.8 Å². The molecular weight excluding hydrogens is 425 g/mol. The lowest BCUT2D eigenvalue weighted by Gasteiger charge is -2.13. The van der Waals surface area contributed by atoms with Crippen molar-refractivity contribution in [3.8, 4) is 11.5 Å². The molecule has 4 rings (SSSR count). The monoisotopic (exact) mass is 443 g/mol. The molecule has 1 aliphatic heterocycles. The quantitative estimate of drug-likeness (QED) is 0.589. The predicted octanol–water partition coefficient (Wildman–Crippen LogP) is 4.33. The van der Waals surface area contributed by atoms with Crippen molar-refractivity contribution in [2.24, 2.45) is 9.98 Å². The molecule has 0 bridgehead atoms. The van der Waals surface area contributed by atoms with E-state index in [-0.39, 0.29) is 12.4 Å². The van der Waals surface area contributed by atoms with Gasteiger partial charge in [-0.15, -0.1) is 12.4 Å². The summed E-state index contributed by atoms with van der Waals surface area (Å²) in [7, 11) is 1.62. The number of hydrogen-bond acceptors (Lipinski definition) is 4. The molecule has 1 heterocycles. The van der Waals surface area contributed by atoms with E-state index in [1.807, 2.05) is 54.6 Å². The average Bonchev–Trinajstić information content (AvgIpc) is 3.11. The topological polar surface area (TPSA) is 72.3 Å². The van der Waals surface area contributed by atoms with Crippen molar-refractivity contribution < 1.29 is 14.3 Å². The van der Waals surface area contributed by atoms with Gasteiger partial charge in [-0.05, 0) is 53.6 Å². The third-order valence-corrected chi connectivity index (χ3v) is 4.69. The van der Waals surface area contributed by atoms with Crippen molar-refractivity contribution >= 4 is 35.7 Å². The molecule has 0 fully saturated rings. The molecule has 0 unspecified atom stereocenters. The smallest absolute Gasteiger partial charge is 0.368 e. The maximum absolute atomic E-state index is 11.3. The molecule has 3 aromatic rings. The SMILES string of the molecule is COc1cc(CNc2ccc3c(c2)=NC(=O)N=3)ccc1OCc1ccc(Cl)cc1.Cl. The van der Waals surface area contributed by atoms with Crippen LogP contribution in [0.5, 0.6) is 11.5 Å². The molecule has 3 aromatic carbocycles. The van der Waals surface area contributed by atoms with Gasteiger partial charge >= 0.3 is 6.03 Å². The summed E-state index contributed by atoms with van der Waals surface area (Å²) in [6, 6.07) is 18.3. The Morgan fingerprint density at radius 1 is 0.900 bits per heavy atom. The molecule has 0 spiro atoms. The summed E-state index contributed by atoms with van der Waals surface area (Å²) in [5.74, 6) is 1.33. The van der Waals surface area contributed by atoms with Gasteiger partial charge in [0, 0.05) is 17.3 Å². The summed E-state index contributed by atoms with van der Waals surface area (Å²) in [6.45, 7) is 1.01. The highest BCUT2D eigenvalue weighted by Crippen LogP contribution is 2.29. The van der Waals surface area contributed by atoms with E-state index in [1.54, 1.807) is 13.2 Å². The molecule has 0 radical (unpaired) electrons. The summed E-state index contributed by atoms with van der Waals surface area (Å²) in [5, 5.41) is 5.20. The van der Waals surface area contributed by atoms with E-state index in [4.69, 9.17) is 21.1 Å². The van der Waals surface area contributed by atoms with Gasteiger partial charge in [0.1, 0.15) is 6.61 Å². The summed E-state index contributed by atoms with van der Waals surface area (Å²) in [4.78, 5) is 19.0. The summed E-state index contributed by atoms with van der Waals surface area (Å²) in [5.41, 5.74) is 2.91. The first-order valence-corrected chi connectivity index (χ1v) is 9.38. The number of rotatable bonds is 7. The summed E-state index contributed by atoms with van der Waals surface area (Å²) >= 11 is 5.91. The van der Waals surface area contributed by atoms with Crippen LogP contribution in [0.1, 0.15) is 11.1 Å². The van der Waals surface area contributed by atoms with Crippen LogP contribution in [0.25, 0.3) is 0 Å². The Morgan fingerprint density at radius 2 is 1.63 bits per heavy atom. The first-order chi connectivity index (χ1) is 14.1. The van der Waals surface area contributed by atoms with Crippen molar-refractivity contribution in [1.29, 1.82) is 0 Å². The number of anilines is 1. The summed E-state index contributed by atoms with van der Waals surface area (Å²) in [6.07, 6.45) is 0. The van der Waals surface area contributed by atoms with Crippen LogP contribution in [-0.4, -0.2) is 13.1 Å². The molecule has 0 saturated carbocycles. The fourth-order valence-electron chi connectivity index (χ4n) is 2.94. The van der Waals surface area contributed by atoms with Crippen molar-refractivity contribution in [2.75, 3.05) is 12.4 Å². The molecule has 0 aliphatic carbocycles. The number of urea groups is 1.